The highest BCUT2D eigenvalue weighted by atomic mass is 16.7. The summed E-state index contributed by atoms with van der Waals surface area (Å²) >= 11 is 0. The Balaban J connectivity index is 0.949. The topological polar surface area (TPSA) is 169 Å². The fourth-order valence-corrected chi connectivity index (χ4v) is 15.5. The molecule has 54 heavy (non-hydrogen) atoms. The molecule has 1 aromatic heterocycles. The number of ether oxygens (including phenoxy) is 4. The van der Waals surface area contributed by atoms with E-state index >= 15 is 0 Å². The summed E-state index contributed by atoms with van der Waals surface area (Å²) in [6, 6.07) is 2.32. The molecule has 17 atom stereocenters. The van der Waals surface area contributed by atoms with Crippen LogP contribution in [-0.4, -0.2) is 89.4 Å². The van der Waals surface area contributed by atoms with Crippen LogP contribution in [0.1, 0.15) is 90.1 Å². The summed E-state index contributed by atoms with van der Waals surface area (Å²) in [6.45, 7) is 9.58. The van der Waals surface area contributed by atoms with Gasteiger partial charge in [-0.3, -0.25) is 14.9 Å². The largest absolute Gasteiger partial charge is 0.469 e. The minimum Gasteiger partial charge on any atom is -0.469 e. The molecular weight excluding hydrogens is 692 g/mol. The molecule has 0 aromatic carbocycles. The van der Waals surface area contributed by atoms with E-state index in [0.717, 1.165) is 44.5 Å². The van der Waals surface area contributed by atoms with Crippen molar-refractivity contribution in [2.24, 2.45) is 57.2 Å². The predicted molar refractivity (Wildman–Crippen MR) is 189 cm³/mol. The number of aliphatic hydroxyl groups is 2. The van der Waals surface area contributed by atoms with Gasteiger partial charge in [0.2, 0.25) is 0 Å². The van der Waals surface area contributed by atoms with Gasteiger partial charge in [0.25, 0.3) is 0 Å². The zero-order valence-electron chi connectivity index (χ0n) is 31.7. The van der Waals surface area contributed by atoms with Gasteiger partial charge >= 0.3 is 11.9 Å². The van der Waals surface area contributed by atoms with Gasteiger partial charge in [0.15, 0.2) is 11.9 Å². The van der Waals surface area contributed by atoms with Gasteiger partial charge in [0, 0.05) is 52.9 Å². The summed E-state index contributed by atoms with van der Waals surface area (Å²) in [5, 5.41) is 31.3. The first-order valence-corrected chi connectivity index (χ1v) is 20.5. The molecule has 0 amide bonds. The molecule has 4 N–H and O–H groups in total. The maximum absolute atomic E-state index is 14.6. The number of rotatable bonds is 4. The molecule has 12 heteroatoms. The number of hydrogen-bond donors (Lipinski definition) is 4. The Hall–Kier alpha value is -2.61. The van der Waals surface area contributed by atoms with Crippen LogP contribution in [0.25, 0.3) is 0 Å². The lowest BCUT2D eigenvalue weighted by atomic mass is 9.36. The van der Waals surface area contributed by atoms with Gasteiger partial charge in [0.1, 0.15) is 30.2 Å². The predicted octanol–water partition coefficient (Wildman–Crippen LogP) is 3.14. The molecule has 292 valence electrons. The standard InChI is InChI=1S/C42H54N2O10/c1-37(2)32-31(47)33(48)39(4)27(41(32)18-51-30(46)15-29(41)53-37)7-9-38(3)34(52-36(49)35-42(38,39)54-35)22-8-12-50-26(22)14-23-21-6-11-40(28-17-43-19-44-28)10-5-20(13-25(23)45)24(21)16-40/h6,8,11-12,20-21,23-25,27-29,32-35,43-45,48H,5,7,9-10,13-19H2,1-4H3/t20-,21-,23+,24-,25+,27+,28-,29+,32-,33-,34+,35-,38+,39+,40-,41+,42-/m1/s1. The third kappa shape index (κ3) is 3.94. The summed E-state index contributed by atoms with van der Waals surface area (Å²) in [6.07, 6.45) is 8.21. The lowest BCUT2D eigenvalue weighted by molar-refractivity contribution is -0.252. The molecule has 5 aliphatic carbocycles. The third-order valence-corrected chi connectivity index (χ3v) is 17.7. The maximum Gasteiger partial charge on any atom is 0.339 e. The molecule has 2 bridgehead atoms. The van der Waals surface area contributed by atoms with E-state index < -0.39 is 69.9 Å². The van der Waals surface area contributed by atoms with Crippen molar-refractivity contribution in [1.82, 2.24) is 10.6 Å². The van der Waals surface area contributed by atoms with E-state index in [2.05, 4.69) is 29.7 Å². The highest BCUT2D eigenvalue weighted by molar-refractivity contribution is 5.92. The summed E-state index contributed by atoms with van der Waals surface area (Å²) in [5.41, 5.74) is -4.13. The zero-order chi connectivity index (χ0) is 37.4. The number of furan rings is 1. The van der Waals surface area contributed by atoms with Crippen LogP contribution in [0, 0.1) is 57.2 Å². The minimum atomic E-state index is -1.43. The van der Waals surface area contributed by atoms with Gasteiger partial charge < -0.3 is 38.9 Å². The Morgan fingerprint density at radius 3 is 2.65 bits per heavy atom. The van der Waals surface area contributed by atoms with E-state index in [1.165, 1.54) is 0 Å². The molecule has 10 aliphatic rings. The molecule has 5 saturated heterocycles. The number of allylic oxidation sites excluding steroid dienone is 1. The van der Waals surface area contributed by atoms with Crippen LogP contribution in [0.3, 0.4) is 0 Å². The summed E-state index contributed by atoms with van der Waals surface area (Å²) in [7, 11) is 0. The van der Waals surface area contributed by atoms with Crippen molar-refractivity contribution in [3.8, 4) is 0 Å². The van der Waals surface area contributed by atoms with Crippen molar-refractivity contribution in [3.63, 3.8) is 0 Å². The van der Waals surface area contributed by atoms with Gasteiger partial charge in [-0.15, -0.1) is 0 Å². The van der Waals surface area contributed by atoms with Crippen LogP contribution in [-0.2, 0) is 39.8 Å². The van der Waals surface area contributed by atoms with Crippen LogP contribution in [0.5, 0.6) is 0 Å². The van der Waals surface area contributed by atoms with Crippen molar-refractivity contribution in [3.05, 3.63) is 35.8 Å². The lowest BCUT2D eigenvalue weighted by Gasteiger charge is -2.66. The number of esters is 2. The molecule has 9 fully saturated rings. The molecule has 1 aromatic rings. The summed E-state index contributed by atoms with van der Waals surface area (Å²) in [5.74, 6) is -0.386. The second kappa shape index (κ2) is 10.9. The Labute approximate surface area is 315 Å². The number of hydrogen-bond acceptors (Lipinski definition) is 12. The van der Waals surface area contributed by atoms with Crippen LogP contribution >= 0.6 is 0 Å². The number of epoxide rings is 1. The normalized spacial score (nSPS) is 54.7. The molecule has 0 unspecified atom stereocenters. The molecule has 2 spiro atoms. The fraction of sp³-hybridized carbons (Fsp3) is 0.786. The first kappa shape index (κ1) is 34.6. The van der Waals surface area contributed by atoms with Crippen molar-refractivity contribution in [2.45, 2.75) is 127 Å². The molecular formula is C42H54N2O10. The van der Waals surface area contributed by atoms with Gasteiger partial charge in [0.05, 0.1) is 36.4 Å². The zero-order valence-corrected chi connectivity index (χ0v) is 31.7. The first-order valence-electron chi connectivity index (χ1n) is 20.5. The monoisotopic (exact) mass is 746 g/mol. The van der Waals surface area contributed by atoms with Crippen LogP contribution in [0.2, 0.25) is 0 Å². The molecule has 6 heterocycles. The molecule has 11 rings (SSSR count). The quantitative estimate of drug-likeness (QED) is 0.202. The summed E-state index contributed by atoms with van der Waals surface area (Å²) < 4.78 is 31.6. The molecule has 4 saturated carbocycles. The Morgan fingerprint density at radius 2 is 1.85 bits per heavy atom. The second-order valence-electron chi connectivity index (χ2n) is 20.0. The fourth-order valence-electron chi connectivity index (χ4n) is 15.5. The third-order valence-electron chi connectivity index (χ3n) is 17.7. The van der Waals surface area contributed by atoms with E-state index in [4.69, 9.17) is 23.4 Å². The maximum atomic E-state index is 14.6. The van der Waals surface area contributed by atoms with E-state index in [-0.39, 0.29) is 47.9 Å². The van der Waals surface area contributed by atoms with Gasteiger partial charge in [-0.2, -0.15) is 0 Å². The number of Topliss-reactive ketones (excluding diaryl/α,β-unsaturated/α-hetero) is 1. The van der Waals surface area contributed by atoms with Crippen molar-refractivity contribution < 1.29 is 48.0 Å². The number of fused-ring (bicyclic) bond motifs is 2. The van der Waals surface area contributed by atoms with Gasteiger partial charge in [-0.1, -0.05) is 26.0 Å². The lowest BCUT2D eigenvalue weighted by Crippen LogP contribution is -2.76. The number of cyclic esters (lactones) is 2. The van der Waals surface area contributed by atoms with E-state index in [1.807, 2.05) is 26.8 Å². The highest BCUT2D eigenvalue weighted by Gasteiger charge is 2.90. The van der Waals surface area contributed by atoms with Gasteiger partial charge in [-0.05, 0) is 88.0 Å². The molecule has 0 radical (unpaired) electrons. The molecule has 12 nitrogen and oxygen atoms in total. The Bertz CT molecular complexity index is 1850. The van der Waals surface area contributed by atoms with E-state index in [0.29, 0.717) is 42.9 Å². The average molecular weight is 747 g/mol. The van der Waals surface area contributed by atoms with Crippen LogP contribution < -0.4 is 10.6 Å². The van der Waals surface area contributed by atoms with Crippen LogP contribution in [0.15, 0.2) is 28.9 Å². The van der Waals surface area contributed by atoms with Gasteiger partial charge in [-0.25, -0.2) is 4.79 Å². The van der Waals surface area contributed by atoms with Crippen LogP contribution in [0.4, 0.5) is 0 Å². The average Bonchev–Trinajstić information content (AvgIpc) is 3.40. The first-order chi connectivity index (χ1) is 25.7. The number of carbonyl (C=O) groups is 3. The summed E-state index contributed by atoms with van der Waals surface area (Å²) in [4.78, 5) is 41.3. The van der Waals surface area contributed by atoms with Crippen molar-refractivity contribution >= 4 is 17.7 Å². The second-order valence-corrected chi connectivity index (χ2v) is 20.0. The minimum absolute atomic E-state index is 0.0247. The number of aliphatic hydroxyl groups excluding tert-OH is 2. The van der Waals surface area contributed by atoms with E-state index in [1.54, 1.807) is 6.26 Å². The number of ketones is 1. The van der Waals surface area contributed by atoms with Crippen molar-refractivity contribution in [2.75, 3.05) is 19.8 Å². The van der Waals surface area contributed by atoms with Crippen molar-refractivity contribution in [1.29, 1.82) is 0 Å². The van der Waals surface area contributed by atoms with E-state index in [9.17, 15) is 24.6 Å². The number of carbonyl (C=O) groups excluding carboxylic acids is 3. The Morgan fingerprint density at radius 1 is 1.02 bits per heavy atom. The smallest absolute Gasteiger partial charge is 0.339 e. The number of nitrogens with one attached hydrogen (secondary N) is 2. The SMILES string of the molecule is CC1(C)O[C@H]2CC(=O)OC[C@@]23[C@@H]1C(=O)[C@@H](O)[C@]1(C)[C@@H]3CC[C@@]2(C)[C@H](c3ccoc3C[C@H]3[C@H]4C=C[C@]5([C@H]6CNCN6)CC[C@H](C[C@@H]3O)[C@H]4C5)OC(=O)[C@H]3O[C@@]312. The highest BCUT2D eigenvalue weighted by Crippen LogP contribution is 2.80. The molecule has 5 aliphatic heterocycles. The Kier molecular flexibility index (Phi) is 6.96.